The molecule has 0 unspecified atom stereocenters. The summed E-state index contributed by atoms with van der Waals surface area (Å²) in [6.07, 6.45) is -2.26. The summed E-state index contributed by atoms with van der Waals surface area (Å²) in [6, 6.07) is 12.3. The summed E-state index contributed by atoms with van der Waals surface area (Å²) in [4.78, 5) is 12.5. The maximum atomic E-state index is 12.5. The molecule has 132 valence electrons. The van der Waals surface area contributed by atoms with E-state index in [2.05, 4.69) is 5.32 Å². The Labute approximate surface area is 149 Å². The van der Waals surface area contributed by atoms with Gasteiger partial charge in [0.15, 0.2) is 0 Å². The molecule has 2 aromatic rings. The van der Waals surface area contributed by atoms with E-state index in [1.807, 2.05) is 12.1 Å². The molecule has 0 radical (unpaired) electrons. The number of amides is 1. The van der Waals surface area contributed by atoms with Gasteiger partial charge in [0.05, 0.1) is 11.0 Å². The van der Waals surface area contributed by atoms with Crippen molar-refractivity contribution in [1.29, 1.82) is 0 Å². The Morgan fingerprint density at radius 3 is 2.16 bits per heavy atom. The number of hydrogen-bond acceptors (Lipinski definition) is 1. The van der Waals surface area contributed by atoms with Gasteiger partial charge in [-0.05, 0) is 54.7 Å². The molecule has 1 aliphatic carbocycles. The van der Waals surface area contributed by atoms with Crippen LogP contribution in [-0.4, -0.2) is 12.5 Å². The third kappa shape index (κ3) is 3.98. The van der Waals surface area contributed by atoms with Gasteiger partial charge >= 0.3 is 6.18 Å². The predicted molar refractivity (Wildman–Crippen MR) is 90.5 cm³/mol. The first kappa shape index (κ1) is 17.8. The minimum absolute atomic E-state index is 0.0401. The van der Waals surface area contributed by atoms with Crippen molar-refractivity contribution in [3.05, 3.63) is 70.2 Å². The van der Waals surface area contributed by atoms with Crippen LogP contribution in [0.1, 0.15) is 29.5 Å². The zero-order chi connectivity index (χ0) is 18.1. The molecule has 6 heteroatoms. The highest BCUT2D eigenvalue weighted by atomic mass is 35.5. The summed E-state index contributed by atoms with van der Waals surface area (Å²) < 4.78 is 37.6. The molecule has 3 rings (SSSR count). The van der Waals surface area contributed by atoms with Crippen LogP contribution in [0, 0.1) is 0 Å². The summed E-state index contributed by atoms with van der Waals surface area (Å²) in [5.74, 6) is -0.0401. The highest BCUT2D eigenvalue weighted by molar-refractivity contribution is 6.30. The van der Waals surface area contributed by atoms with Gasteiger partial charge in [-0.3, -0.25) is 4.79 Å². The zero-order valence-corrected chi connectivity index (χ0v) is 14.1. The topological polar surface area (TPSA) is 29.1 Å². The van der Waals surface area contributed by atoms with Crippen LogP contribution in [0.2, 0.25) is 5.02 Å². The SMILES string of the molecule is O=C(NCCc1ccc(C(F)(F)F)cc1)C1(c2ccc(Cl)cc2)CC1. The number of carbonyl (C=O) groups excluding carboxylic acids is 1. The predicted octanol–water partition coefficient (Wildman–Crippen LogP) is 4.75. The van der Waals surface area contributed by atoms with Crippen LogP contribution in [0.5, 0.6) is 0 Å². The summed E-state index contributed by atoms with van der Waals surface area (Å²) in [7, 11) is 0. The molecule has 0 saturated heterocycles. The summed E-state index contributed by atoms with van der Waals surface area (Å²) in [6.45, 7) is 0.388. The van der Waals surface area contributed by atoms with Gasteiger partial charge in [0, 0.05) is 11.6 Å². The molecule has 1 N–H and O–H groups in total. The lowest BCUT2D eigenvalue weighted by atomic mass is 9.95. The van der Waals surface area contributed by atoms with Crippen LogP contribution in [-0.2, 0) is 22.8 Å². The number of alkyl halides is 3. The van der Waals surface area contributed by atoms with Crippen molar-refractivity contribution >= 4 is 17.5 Å². The molecular weight excluding hydrogens is 351 g/mol. The summed E-state index contributed by atoms with van der Waals surface area (Å²) in [5, 5.41) is 3.52. The van der Waals surface area contributed by atoms with Crippen LogP contribution < -0.4 is 5.32 Å². The van der Waals surface area contributed by atoms with Gasteiger partial charge in [-0.15, -0.1) is 0 Å². The quantitative estimate of drug-likeness (QED) is 0.811. The highest BCUT2D eigenvalue weighted by Crippen LogP contribution is 2.48. The average Bonchev–Trinajstić information content (AvgIpc) is 3.37. The molecule has 2 aromatic carbocycles. The Hall–Kier alpha value is -2.01. The smallest absolute Gasteiger partial charge is 0.355 e. The Morgan fingerprint density at radius 2 is 1.64 bits per heavy atom. The first-order chi connectivity index (χ1) is 11.8. The van der Waals surface area contributed by atoms with E-state index in [1.165, 1.54) is 12.1 Å². The van der Waals surface area contributed by atoms with Crippen molar-refractivity contribution in [2.24, 2.45) is 0 Å². The first-order valence-corrected chi connectivity index (χ1v) is 8.39. The number of hydrogen-bond donors (Lipinski definition) is 1. The van der Waals surface area contributed by atoms with Crippen molar-refractivity contribution in [3.63, 3.8) is 0 Å². The van der Waals surface area contributed by atoms with Gasteiger partial charge in [-0.1, -0.05) is 35.9 Å². The highest BCUT2D eigenvalue weighted by Gasteiger charge is 2.50. The molecule has 0 heterocycles. The Kier molecular flexibility index (Phi) is 4.78. The monoisotopic (exact) mass is 367 g/mol. The van der Waals surface area contributed by atoms with Crippen molar-refractivity contribution < 1.29 is 18.0 Å². The molecule has 0 bridgehead atoms. The molecule has 1 aliphatic rings. The molecule has 0 aliphatic heterocycles. The first-order valence-electron chi connectivity index (χ1n) is 8.02. The van der Waals surface area contributed by atoms with E-state index in [1.54, 1.807) is 12.1 Å². The Morgan fingerprint density at radius 1 is 1.04 bits per heavy atom. The van der Waals surface area contributed by atoms with E-state index < -0.39 is 17.2 Å². The molecule has 0 aromatic heterocycles. The van der Waals surface area contributed by atoms with Crippen LogP contribution in [0.15, 0.2) is 48.5 Å². The third-order valence-corrected chi connectivity index (χ3v) is 4.81. The summed E-state index contributed by atoms with van der Waals surface area (Å²) in [5.41, 5.74) is 0.554. The average molecular weight is 368 g/mol. The van der Waals surface area contributed by atoms with E-state index >= 15 is 0 Å². The molecule has 2 nitrogen and oxygen atoms in total. The van der Waals surface area contributed by atoms with E-state index in [4.69, 9.17) is 11.6 Å². The fraction of sp³-hybridized carbons (Fsp3) is 0.316. The minimum Gasteiger partial charge on any atom is -0.355 e. The Balaban J connectivity index is 1.55. The van der Waals surface area contributed by atoms with Crippen LogP contribution in [0.3, 0.4) is 0 Å². The lowest BCUT2D eigenvalue weighted by Gasteiger charge is -2.16. The van der Waals surface area contributed by atoms with Crippen molar-refractivity contribution in [1.82, 2.24) is 5.32 Å². The van der Waals surface area contributed by atoms with Gasteiger partial charge in [-0.2, -0.15) is 13.2 Å². The second kappa shape index (κ2) is 6.71. The van der Waals surface area contributed by atoms with Crippen LogP contribution >= 0.6 is 11.6 Å². The number of nitrogens with one attached hydrogen (secondary N) is 1. The third-order valence-electron chi connectivity index (χ3n) is 4.56. The standard InChI is InChI=1S/C19H17ClF3NO/c20-16-7-5-14(6-8-16)18(10-11-18)17(25)24-12-9-13-1-3-15(4-2-13)19(21,22)23/h1-8H,9-12H2,(H,24,25). The van der Waals surface area contributed by atoms with E-state index in [-0.39, 0.29) is 5.91 Å². The molecule has 1 fully saturated rings. The van der Waals surface area contributed by atoms with Gasteiger partial charge < -0.3 is 5.32 Å². The molecule has 25 heavy (non-hydrogen) atoms. The van der Waals surface area contributed by atoms with Crippen molar-refractivity contribution in [2.45, 2.75) is 30.9 Å². The lowest BCUT2D eigenvalue weighted by molar-refractivity contribution is -0.137. The second-order valence-electron chi connectivity index (χ2n) is 6.29. The van der Waals surface area contributed by atoms with Gasteiger partial charge in [-0.25, -0.2) is 0 Å². The van der Waals surface area contributed by atoms with E-state index in [9.17, 15) is 18.0 Å². The van der Waals surface area contributed by atoms with Crippen LogP contribution in [0.4, 0.5) is 13.2 Å². The fourth-order valence-electron chi connectivity index (χ4n) is 2.89. The normalized spacial score (nSPS) is 15.7. The van der Waals surface area contributed by atoms with E-state index in [0.717, 1.165) is 36.1 Å². The Bertz CT molecular complexity index is 750. The van der Waals surface area contributed by atoms with Crippen molar-refractivity contribution in [3.8, 4) is 0 Å². The number of rotatable bonds is 5. The molecule has 1 saturated carbocycles. The van der Waals surface area contributed by atoms with Gasteiger partial charge in [0.1, 0.15) is 0 Å². The lowest BCUT2D eigenvalue weighted by Crippen LogP contribution is -2.35. The molecule has 1 amide bonds. The maximum Gasteiger partial charge on any atom is 0.416 e. The van der Waals surface area contributed by atoms with Crippen LogP contribution in [0.25, 0.3) is 0 Å². The fourth-order valence-corrected chi connectivity index (χ4v) is 3.02. The van der Waals surface area contributed by atoms with E-state index in [0.29, 0.717) is 18.0 Å². The minimum atomic E-state index is -4.33. The number of halogens is 4. The number of benzene rings is 2. The molecular formula is C19H17ClF3NO. The van der Waals surface area contributed by atoms with Gasteiger partial charge in [0.2, 0.25) is 5.91 Å². The summed E-state index contributed by atoms with van der Waals surface area (Å²) >= 11 is 5.88. The molecule has 0 atom stereocenters. The molecule has 0 spiro atoms. The zero-order valence-electron chi connectivity index (χ0n) is 13.4. The van der Waals surface area contributed by atoms with Crippen molar-refractivity contribution in [2.75, 3.05) is 6.54 Å². The number of carbonyl (C=O) groups is 1. The largest absolute Gasteiger partial charge is 0.416 e. The van der Waals surface area contributed by atoms with Gasteiger partial charge in [0.25, 0.3) is 0 Å². The second-order valence-corrected chi connectivity index (χ2v) is 6.73. The maximum absolute atomic E-state index is 12.5.